The van der Waals surface area contributed by atoms with Gasteiger partial charge >= 0.3 is 0 Å². The molecule has 0 aromatic rings. The summed E-state index contributed by atoms with van der Waals surface area (Å²) in [5, 5.41) is 0. The van der Waals surface area contributed by atoms with Gasteiger partial charge in [-0.3, -0.25) is 0 Å². The van der Waals surface area contributed by atoms with E-state index in [2.05, 4.69) is 0 Å². The highest BCUT2D eigenvalue weighted by Gasteiger charge is 2.19. The number of hydrogen-bond donors (Lipinski definition) is 2. The van der Waals surface area contributed by atoms with Crippen molar-refractivity contribution in [2.45, 2.75) is 31.8 Å². The van der Waals surface area contributed by atoms with E-state index in [-0.39, 0.29) is 0 Å². The smallest absolute Gasteiger partial charge is 0.0944 e. The van der Waals surface area contributed by atoms with Gasteiger partial charge in [0.15, 0.2) is 0 Å². The van der Waals surface area contributed by atoms with Crippen LogP contribution in [0, 0.1) is 0 Å². The lowest BCUT2D eigenvalue weighted by molar-refractivity contribution is 0.425. The van der Waals surface area contributed by atoms with E-state index in [1.54, 1.807) is 0 Å². The Hall–Kier alpha value is 0.170. The van der Waals surface area contributed by atoms with Crippen LogP contribution in [0.5, 0.6) is 0 Å². The molecule has 3 nitrogen and oxygen atoms in total. The normalized spacial score (nSPS) is 19.2. The summed E-state index contributed by atoms with van der Waals surface area (Å²) in [6, 6.07) is 0. The molecule has 1 aliphatic rings. The predicted molar refractivity (Wildman–Crippen MR) is 57.0 cm³/mol. The molecule has 1 rings (SSSR count). The van der Waals surface area contributed by atoms with Crippen LogP contribution < -0.4 is 11.5 Å². The van der Waals surface area contributed by atoms with Crippen LogP contribution in [0.4, 0.5) is 0 Å². The van der Waals surface area contributed by atoms with Gasteiger partial charge in [-0.2, -0.15) is 0 Å². The first kappa shape index (κ1) is 13.2. The summed E-state index contributed by atoms with van der Waals surface area (Å²) >= 11 is 5.27. The number of unbranched alkanes of at least 4 members (excludes halogenated alkanes) is 3. The molecule has 0 radical (unpaired) electrons. The maximum atomic E-state index is 5.28. The average Bonchev–Trinajstić information content (AvgIpc) is 2.97. The third kappa shape index (κ3) is 12.2. The van der Waals surface area contributed by atoms with E-state index in [9.17, 15) is 0 Å². The van der Waals surface area contributed by atoms with Crippen LogP contribution >= 0.6 is 11.6 Å². The maximum absolute atomic E-state index is 5.28. The van der Waals surface area contributed by atoms with Crippen molar-refractivity contribution in [3.05, 3.63) is 0 Å². The molecule has 4 N–H and O–H groups in total. The second kappa shape index (κ2) is 10.3. The number of hydrogen-bond acceptors (Lipinski definition) is 3. The zero-order chi connectivity index (χ0) is 9.94. The summed E-state index contributed by atoms with van der Waals surface area (Å²) in [6.07, 6.45) is 5.19. The van der Waals surface area contributed by atoms with E-state index in [1.807, 2.05) is 0 Å². The van der Waals surface area contributed by atoms with Crippen LogP contribution in [-0.2, 0) is 4.74 Å². The van der Waals surface area contributed by atoms with Crippen molar-refractivity contribution < 1.29 is 4.74 Å². The fourth-order valence-electron chi connectivity index (χ4n) is 0.799. The molecule has 0 saturated carbocycles. The molecule has 1 saturated heterocycles. The molecule has 0 amide bonds. The van der Waals surface area contributed by atoms with Crippen molar-refractivity contribution in [2.24, 2.45) is 11.5 Å². The Balaban J connectivity index is 0.000000243. The lowest BCUT2D eigenvalue weighted by atomic mass is 10.2. The number of rotatable bonds is 6. The van der Waals surface area contributed by atoms with E-state index in [0.29, 0.717) is 12.0 Å². The predicted octanol–water partition coefficient (Wildman–Crippen LogP) is 1.09. The third-order valence-corrected chi connectivity index (χ3v) is 2.08. The van der Waals surface area contributed by atoms with Crippen LogP contribution in [0.25, 0.3) is 0 Å². The van der Waals surface area contributed by atoms with Gasteiger partial charge in [0.1, 0.15) is 0 Å². The third-order valence-electron chi connectivity index (χ3n) is 1.73. The average molecular weight is 209 g/mol. The lowest BCUT2D eigenvalue weighted by Gasteiger charge is -1.94. The Labute approximate surface area is 85.8 Å². The molecule has 80 valence electrons. The van der Waals surface area contributed by atoms with Crippen LogP contribution in [-0.4, -0.2) is 31.7 Å². The zero-order valence-corrected chi connectivity index (χ0v) is 8.93. The Morgan fingerprint density at radius 1 is 1.08 bits per heavy atom. The Morgan fingerprint density at radius 2 is 1.54 bits per heavy atom. The molecule has 0 aromatic heterocycles. The molecule has 1 aliphatic heterocycles. The number of nitrogens with two attached hydrogens (primary N) is 2. The maximum Gasteiger partial charge on any atom is 0.0944 e. The van der Waals surface area contributed by atoms with Crippen molar-refractivity contribution in [3.63, 3.8) is 0 Å². The molecule has 1 atom stereocenters. The van der Waals surface area contributed by atoms with Crippen molar-refractivity contribution in [2.75, 3.05) is 25.6 Å². The SMILES string of the molecule is ClCC1CO1.NCCCCCCN. The minimum absolute atomic E-state index is 0.400. The number of halogens is 1. The van der Waals surface area contributed by atoms with Crippen LogP contribution in [0.1, 0.15) is 25.7 Å². The standard InChI is InChI=1S/C6H16N2.C3H5ClO/c7-5-3-1-2-4-6-8;4-1-3-2-5-3/h1-8H2;3H,1-2H2. The lowest BCUT2D eigenvalue weighted by Crippen LogP contribution is -2.00. The van der Waals surface area contributed by atoms with E-state index in [4.69, 9.17) is 27.8 Å². The summed E-state index contributed by atoms with van der Waals surface area (Å²) in [5.41, 5.74) is 10.6. The summed E-state index contributed by atoms with van der Waals surface area (Å²) < 4.78 is 4.73. The monoisotopic (exact) mass is 208 g/mol. The van der Waals surface area contributed by atoms with Gasteiger partial charge < -0.3 is 16.2 Å². The van der Waals surface area contributed by atoms with Gasteiger partial charge in [0, 0.05) is 0 Å². The number of ether oxygens (including phenoxy) is 1. The Morgan fingerprint density at radius 3 is 1.69 bits per heavy atom. The second-order valence-corrected chi connectivity index (χ2v) is 3.41. The summed E-state index contributed by atoms with van der Waals surface area (Å²) in [6.45, 7) is 2.53. The fraction of sp³-hybridized carbons (Fsp3) is 1.00. The first-order valence-electron chi connectivity index (χ1n) is 4.92. The molecular weight excluding hydrogens is 188 g/mol. The highest BCUT2D eigenvalue weighted by atomic mass is 35.5. The Bertz CT molecular complexity index is 93.6. The summed E-state index contributed by atoms with van der Waals surface area (Å²) in [4.78, 5) is 0. The van der Waals surface area contributed by atoms with Gasteiger partial charge in [0.25, 0.3) is 0 Å². The fourth-order valence-corrected chi connectivity index (χ4v) is 0.978. The van der Waals surface area contributed by atoms with Crippen LogP contribution in [0.3, 0.4) is 0 Å². The molecule has 1 unspecified atom stereocenters. The van der Waals surface area contributed by atoms with Crippen molar-refractivity contribution >= 4 is 11.6 Å². The first-order chi connectivity index (χ1) is 6.35. The largest absolute Gasteiger partial charge is 0.372 e. The quantitative estimate of drug-likeness (QED) is 0.390. The highest BCUT2D eigenvalue weighted by molar-refractivity contribution is 6.18. The van der Waals surface area contributed by atoms with E-state index >= 15 is 0 Å². The molecule has 1 fully saturated rings. The molecule has 0 aromatic carbocycles. The van der Waals surface area contributed by atoms with E-state index in [1.165, 1.54) is 12.8 Å². The van der Waals surface area contributed by atoms with Gasteiger partial charge in [-0.15, -0.1) is 11.6 Å². The van der Waals surface area contributed by atoms with Gasteiger partial charge in [-0.1, -0.05) is 12.8 Å². The molecular formula is C9H21ClN2O. The van der Waals surface area contributed by atoms with Crippen LogP contribution in [0.15, 0.2) is 0 Å². The van der Waals surface area contributed by atoms with Gasteiger partial charge in [-0.05, 0) is 25.9 Å². The van der Waals surface area contributed by atoms with E-state index < -0.39 is 0 Å². The zero-order valence-electron chi connectivity index (χ0n) is 8.18. The number of alkyl halides is 1. The molecule has 0 bridgehead atoms. The minimum atomic E-state index is 0.400. The van der Waals surface area contributed by atoms with E-state index in [0.717, 1.165) is 32.5 Å². The second-order valence-electron chi connectivity index (χ2n) is 3.10. The first-order valence-corrected chi connectivity index (χ1v) is 5.46. The molecule has 1 heterocycles. The number of epoxide rings is 1. The molecule has 4 heteroatoms. The molecule has 0 spiro atoms. The topological polar surface area (TPSA) is 64.6 Å². The van der Waals surface area contributed by atoms with Gasteiger partial charge in [0.2, 0.25) is 0 Å². The van der Waals surface area contributed by atoms with Gasteiger partial charge in [0.05, 0.1) is 18.6 Å². The van der Waals surface area contributed by atoms with Crippen molar-refractivity contribution in [1.29, 1.82) is 0 Å². The van der Waals surface area contributed by atoms with Crippen LogP contribution in [0.2, 0.25) is 0 Å². The molecule has 0 aliphatic carbocycles. The molecule has 13 heavy (non-hydrogen) atoms. The van der Waals surface area contributed by atoms with Gasteiger partial charge in [-0.25, -0.2) is 0 Å². The highest BCUT2D eigenvalue weighted by Crippen LogP contribution is 2.08. The Kier molecular flexibility index (Phi) is 10.4. The van der Waals surface area contributed by atoms with Crippen molar-refractivity contribution in [3.8, 4) is 0 Å². The summed E-state index contributed by atoms with van der Waals surface area (Å²) in [5.74, 6) is 0.667. The van der Waals surface area contributed by atoms with Crippen molar-refractivity contribution in [1.82, 2.24) is 0 Å². The minimum Gasteiger partial charge on any atom is -0.372 e. The summed E-state index contributed by atoms with van der Waals surface area (Å²) in [7, 11) is 0.